The van der Waals surface area contributed by atoms with Crippen molar-refractivity contribution < 1.29 is 19.1 Å². The molecule has 8 heteroatoms. The van der Waals surface area contributed by atoms with Gasteiger partial charge in [-0.25, -0.2) is 4.79 Å². The predicted octanol–water partition coefficient (Wildman–Crippen LogP) is 1.86. The SMILES string of the molecule is COc1ccccc1CN1CC(CN2C(=O)NC3(CCSCC3)C2=O)CC1=O. The van der Waals surface area contributed by atoms with Gasteiger partial charge in [-0.1, -0.05) is 18.2 Å². The Labute approximate surface area is 168 Å². The molecular weight excluding hydrogens is 378 g/mol. The number of nitrogens with zero attached hydrogens (tertiary/aromatic N) is 2. The van der Waals surface area contributed by atoms with Crippen LogP contribution in [0.15, 0.2) is 24.3 Å². The van der Waals surface area contributed by atoms with Crippen molar-refractivity contribution in [1.82, 2.24) is 15.1 Å². The van der Waals surface area contributed by atoms with Gasteiger partial charge in [0.25, 0.3) is 5.91 Å². The van der Waals surface area contributed by atoms with Crippen LogP contribution in [0.25, 0.3) is 0 Å². The topological polar surface area (TPSA) is 79.0 Å². The zero-order chi connectivity index (χ0) is 19.7. The van der Waals surface area contributed by atoms with Gasteiger partial charge in [0.15, 0.2) is 0 Å². The van der Waals surface area contributed by atoms with Crippen LogP contribution >= 0.6 is 11.8 Å². The lowest BCUT2D eigenvalue weighted by Gasteiger charge is -2.30. The summed E-state index contributed by atoms with van der Waals surface area (Å²) in [7, 11) is 1.62. The second-order valence-electron chi connectivity index (χ2n) is 7.70. The molecule has 1 aromatic rings. The van der Waals surface area contributed by atoms with E-state index >= 15 is 0 Å². The van der Waals surface area contributed by atoms with Crippen LogP contribution in [0.3, 0.4) is 0 Å². The summed E-state index contributed by atoms with van der Waals surface area (Å²) in [5.74, 6) is 2.42. The highest BCUT2D eigenvalue weighted by Gasteiger charge is 2.52. The highest BCUT2D eigenvalue weighted by Crippen LogP contribution is 2.34. The van der Waals surface area contributed by atoms with Gasteiger partial charge < -0.3 is 15.0 Å². The molecule has 1 unspecified atom stereocenters. The first kappa shape index (κ1) is 19.1. The lowest BCUT2D eigenvalue weighted by molar-refractivity contribution is -0.132. The monoisotopic (exact) mass is 403 g/mol. The van der Waals surface area contributed by atoms with Crippen molar-refractivity contribution in [1.29, 1.82) is 0 Å². The molecule has 0 aromatic heterocycles. The van der Waals surface area contributed by atoms with Crippen LogP contribution in [-0.2, 0) is 16.1 Å². The number of carbonyl (C=O) groups excluding carboxylic acids is 3. The molecule has 7 nitrogen and oxygen atoms in total. The van der Waals surface area contributed by atoms with Gasteiger partial charge in [0, 0.05) is 37.5 Å². The number of thioether (sulfide) groups is 1. The van der Waals surface area contributed by atoms with E-state index in [1.54, 1.807) is 12.0 Å². The van der Waals surface area contributed by atoms with Crippen LogP contribution in [-0.4, -0.2) is 64.9 Å². The molecule has 3 saturated heterocycles. The first-order valence-corrected chi connectivity index (χ1v) is 10.8. The van der Waals surface area contributed by atoms with Crippen molar-refractivity contribution in [2.24, 2.45) is 5.92 Å². The molecule has 1 aromatic carbocycles. The van der Waals surface area contributed by atoms with Gasteiger partial charge in [-0.15, -0.1) is 0 Å². The second-order valence-corrected chi connectivity index (χ2v) is 8.92. The highest BCUT2D eigenvalue weighted by atomic mass is 32.2. The number of amides is 4. The van der Waals surface area contributed by atoms with Gasteiger partial charge in [-0.3, -0.25) is 14.5 Å². The number of ether oxygens (including phenoxy) is 1. The lowest BCUT2D eigenvalue weighted by Crippen LogP contribution is -2.49. The van der Waals surface area contributed by atoms with Crippen molar-refractivity contribution in [2.45, 2.75) is 31.3 Å². The zero-order valence-electron chi connectivity index (χ0n) is 16.0. The molecule has 3 heterocycles. The summed E-state index contributed by atoms with van der Waals surface area (Å²) in [5.41, 5.74) is 0.231. The molecule has 28 heavy (non-hydrogen) atoms. The minimum Gasteiger partial charge on any atom is -0.496 e. The molecule has 0 saturated carbocycles. The molecule has 1 atom stereocenters. The summed E-state index contributed by atoms with van der Waals surface area (Å²) in [6, 6.07) is 7.33. The minimum atomic E-state index is -0.720. The van der Waals surface area contributed by atoms with E-state index in [0.29, 0.717) is 38.9 Å². The maximum Gasteiger partial charge on any atom is 0.325 e. The average Bonchev–Trinajstić information content (AvgIpc) is 3.15. The maximum absolute atomic E-state index is 12.9. The lowest BCUT2D eigenvalue weighted by atomic mass is 9.92. The van der Waals surface area contributed by atoms with Gasteiger partial charge in [0.1, 0.15) is 11.3 Å². The first-order chi connectivity index (χ1) is 13.5. The largest absolute Gasteiger partial charge is 0.496 e. The normalized spacial score (nSPS) is 24.2. The fourth-order valence-electron chi connectivity index (χ4n) is 4.33. The molecule has 0 bridgehead atoms. The zero-order valence-corrected chi connectivity index (χ0v) is 16.8. The quantitative estimate of drug-likeness (QED) is 0.760. The number of urea groups is 1. The van der Waals surface area contributed by atoms with Gasteiger partial charge in [0.05, 0.1) is 7.11 Å². The number of rotatable bonds is 5. The number of nitrogens with one attached hydrogen (secondary N) is 1. The molecule has 3 fully saturated rings. The van der Waals surface area contributed by atoms with Crippen molar-refractivity contribution in [3.63, 3.8) is 0 Å². The van der Waals surface area contributed by atoms with Crippen LogP contribution in [0.4, 0.5) is 4.79 Å². The van der Waals surface area contributed by atoms with Crippen molar-refractivity contribution in [2.75, 3.05) is 31.7 Å². The van der Waals surface area contributed by atoms with E-state index in [2.05, 4.69) is 5.32 Å². The third kappa shape index (κ3) is 3.45. The fourth-order valence-corrected chi connectivity index (χ4v) is 5.52. The van der Waals surface area contributed by atoms with E-state index in [0.717, 1.165) is 22.8 Å². The highest BCUT2D eigenvalue weighted by molar-refractivity contribution is 7.99. The summed E-state index contributed by atoms with van der Waals surface area (Å²) in [4.78, 5) is 41.0. The van der Waals surface area contributed by atoms with E-state index in [-0.39, 0.29) is 23.8 Å². The molecule has 4 rings (SSSR count). The number of likely N-dealkylation sites (tertiary alicyclic amines) is 1. The Bertz CT molecular complexity index is 793. The number of methoxy groups -OCH3 is 1. The smallest absolute Gasteiger partial charge is 0.325 e. The van der Waals surface area contributed by atoms with Gasteiger partial charge in [-0.2, -0.15) is 11.8 Å². The van der Waals surface area contributed by atoms with Crippen LogP contribution in [0.1, 0.15) is 24.8 Å². The van der Waals surface area contributed by atoms with Crippen molar-refractivity contribution in [3.8, 4) is 5.75 Å². The number of hydrogen-bond acceptors (Lipinski definition) is 5. The first-order valence-electron chi connectivity index (χ1n) is 9.64. The summed E-state index contributed by atoms with van der Waals surface area (Å²) >= 11 is 1.81. The second kappa shape index (κ2) is 7.66. The molecule has 0 aliphatic carbocycles. The van der Waals surface area contributed by atoms with Crippen molar-refractivity contribution >= 4 is 29.6 Å². The number of carbonyl (C=O) groups is 3. The molecule has 0 radical (unpaired) electrons. The van der Waals surface area contributed by atoms with E-state index in [1.165, 1.54) is 4.90 Å². The molecule has 1 spiro atoms. The number of imide groups is 1. The molecule has 3 aliphatic heterocycles. The summed E-state index contributed by atoms with van der Waals surface area (Å²) in [6.45, 7) is 1.31. The third-order valence-electron chi connectivity index (χ3n) is 5.88. The van der Waals surface area contributed by atoms with Crippen LogP contribution in [0.2, 0.25) is 0 Å². The van der Waals surface area contributed by atoms with Crippen LogP contribution < -0.4 is 10.1 Å². The number of para-hydroxylation sites is 1. The summed E-state index contributed by atoms with van der Waals surface area (Å²) < 4.78 is 5.37. The molecule has 4 amide bonds. The summed E-state index contributed by atoms with van der Waals surface area (Å²) in [5, 5.41) is 2.93. The molecular formula is C20H25N3O4S. The predicted molar refractivity (Wildman–Crippen MR) is 106 cm³/mol. The molecule has 150 valence electrons. The number of benzene rings is 1. The standard InChI is InChI=1S/C20H25N3O4S/c1-27-16-5-3-2-4-15(16)13-22-11-14(10-17(22)24)12-23-18(25)20(21-19(23)26)6-8-28-9-7-20/h2-5,14H,6-13H2,1H3,(H,21,26). The Kier molecular flexibility index (Phi) is 5.23. The van der Waals surface area contributed by atoms with Gasteiger partial charge >= 0.3 is 6.03 Å². The van der Waals surface area contributed by atoms with E-state index in [1.807, 2.05) is 36.0 Å². The Morgan fingerprint density at radius 1 is 1.21 bits per heavy atom. The Balaban J connectivity index is 1.40. The Morgan fingerprint density at radius 2 is 1.96 bits per heavy atom. The third-order valence-corrected chi connectivity index (χ3v) is 6.87. The number of hydrogen-bond donors (Lipinski definition) is 1. The van der Waals surface area contributed by atoms with E-state index in [9.17, 15) is 14.4 Å². The fraction of sp³-hybridized carbons (Fsp3) is 0.550. The maximum atomic E-state index is 12.9. The van der Waals surface area contributed by atoms with Crippen LogP contribution in [0.5, 0.6) is 5.75 Å². The summed E-state index contributed by atoms with van der Waals surface area (Å²) in [6.07, 6.45) is 1.72. The van der Waals surface area contributed by atoms with Crippen LogP contribution in [0, 0.1) is 5.92 Å². The Hall–Kier alpha value is -2.22. The molecule has 1 N–H and O–H groups in total. The van der Waals surface area contributed by atoms with Gasteiger partial charge in [-0.05, 0) is 30.4 Å². The average molecular weight is 404 g/mol. The van der Waals surface area contributed by atoms with E-state index < -0.39 is 5.54 Å². The van der Waals surface area contributed by atoms with Crippen molar-refractivity contribution in [3.05, 3.63) is 29.8 Å². The minimum absolute atomic E-state index is 0.0370. The Morgan fingerprint density at radius 3 is 2.71 bits per heavy atom. The van der Waals surface area contributed by atoms with E-state index in [4.69, 9.17) is 4.74 Å². The molecule has 3 aliphatic rings. The van der Waals surface area contributed by atoms with Gasteiger partial charge in [0.2, 0.25) is 5.91 Å².